The van der Waals surface area contributed by atoms with Gasteiger partial charge < -0.3 is 0 Å². The number of ketones is 1. The predicted octanol–water partition coefficient (Wildman–Crippen LogP) is 2.65. The van der Waals surface area contributed by atoms with Crippen LogP contribution in [0, 0.1) is 20.2 Å². The Labute approximate surface area is 122 Å². The standard InChI is InChI=1S/C12H7N3O5S/c16-10-4-1-8(2-5-10)13-21-12-6-3-9(14(17)18)7-11(12)15(19)20/h1-7H. The summed E-state index contributed by atoms with van der Waals surface area (Å²) in [5.41, 5.74) is -0.285. The van der Waals surface area contributed by atoms with Gasteiger partial charge in [0.25, 0.3) is 11.4 Å². The molecule has 0 unspecified atom stereocenters. The third-order valence-corrected chi connectivity index (χ3v) is 3.28. The van der Waals surface area contributed by atoms with Crippen LogP contribution in [0.1, 0.15) is 0 Å². The van der Waals surface area contributed by atoms with Gasteiger partial charge in [0.15, 0.2) is 5.78 Å². The van der Waals surface area contributed by atoms with E-state index >= 15 is 0 Å². The molecule has 9 heteroatoms. The number of nitro groups is 2. The zero-order valence-electron chi connectivity index (χ0n) is 10.3. The van der Waals surface area contributed by atoms with Gasteiger partial charge in [0.2, 0.25) is 0 Å². The van der Waals surface area contributed by atoms with Gasteiger partial charge in [-0.2, -0.15) is 0 Å². The third kappa shape index (κ3) is 3.60. The average molecular weight is 305 g/mol. The molecule has 8 nitrogen and oxygen atoms in total. The first-order valence-electron chi connectivity index (χ1n) is 5.55. The zero-order chi connectivity index (χ0) is 15.4. The molecule has 0 saturated carbocycles. The highest BCUT2D eigenvalue weighted by atomic mass is 32.2. The van der Waals surface area contributed by atoms with Crippen LogP contribution in [0.3, 0.4) is 0 Å². The quantitative estimate of drug-likeness (QED) is 0.365. The Morgan fingerprint density at radius 1 is 1.00 bits per heavy atom. The molecule has 0 fully saturated rings. The van der Waals surface area contributed by atoms with Gasteiger partial charge in [0, 0.05) is 18.0 Å². The summed E-state index contributed by atoms with van der Waals surface area (Å²) in [6.07, 6.45) is 5.60. The van der Waals surface area contributed by atoms with Gasteiger partial charge in [-0.05, 0) is 30.4 Å². The molecule has 0 bridgehead atoms. The number of rotatable bonds is 4. The zero-order valence-corrected chi connectivity index (χ0v) is 11.1. The Morgan fingerprint density at radius 2 is 1.67 bits per heavy atom. The minimum Gasteiger partial charge on any atom is -0.290 e. The van der Waals surface area contributed by atoms with Crippen molar-refractivity contribution in [2.75, 3.05) is 0 Å². The van der Waals surface area contributed by atoms with Crippen molar-refractivity contribution >= 4 is 34.8 Å². The largest absolute Gasteiger partial charge is 0.291 e. The molecule has 1 aliphatic carbocycles. The van der Waals surface area contributed by atoms with Gasteiger partial charge in [0.1, 0.15) is 4.90 Å². The Kier molecular flexibility index (Phi) is 4.24. The fourth-order valence-corrected chi connectivity index (χ4v) is 2.13. The molecular weight excluding hydrogens is 298 g/mol. The molecule has 0 heterocycles. The first-order valence-corrected chi connectivity index (χ1v) is 6.32. The van der Waals surface area contributed by atoms with Crippen molar-refractivity contribution < 1.29 is 14.6 Å². The predicted molar refractivity (Wildman–Crippen MR) is 76.3 cm³/mol. The van der Waals surface area contributed by atoms with Gasteiger partial charge in [-0.1, -0.05) is 0 Å². The number of benzene rings is 1. The number of hydrogen-bond donors (Lipinski definition) is 0. The molecule has 1 aliphatic rings. The van der Waals surface area contributed by atoms with Crippen LogP contribution in [0.15, 0.2) is 51.8 Å². The minimum absolute atomic E-state index is 0.166. The van der Waals surface area contributed by atoms with Crippen molar-refractivity contribution in [1.29, 1.82) is 0 Å². The summed E-state index contributed by atoms with van der Waals surface area (Å²) in [7, 11) is 0. The molecule has 21 heavy (non-hydrogen) atoms. The lowest BCUT2D eigenvalue weighted by Gasteiger charge is -2.01. The summed E-state index contributed by atoms with van der Waals surface area (Å²) >= 11 is 0.813. The molecule has 106 valence electrons. The van der Waals surface area contributed by atoms with Crippen LogP contribution in [-0.2, 0) is 4.79 Å². The highest BCUT2D eigenvalue weighted by Gasteiger charge is 2.19. The molecule has 0 atom stereocenters. The Bertz CT molecular complexity index is 706. The lowest BCUT2D eigenvalue weighted by molar-refractivity contribution is -0.396. The van der Waals surface area contributed by atoms with E-state index in [-0.39, 0.29) is 16.4 Å². The molecule has 0 aliphatic heterocycles. The second kappa shape index (κ2) is 6.09. The van der Waals surface area contributed by atoms with Crippen molar-refractivity contribution in [2.45, 2.75) is 4.90 Å². The molecule has 1 aromatic rings. The molecule has 0 amide bonds. The maximum atomic E-state index is 10.9. The van der Waals surface area contributed by atoms with Crippen LogP contribution >= 0.6 is 11.9 Å². The van der Waals surface area contributed by atoms with Crippen LogP contribution in [0.25, 0.3) is 0 Å². The average Bonchev–Trinajstić information content (AvgIpc) is 2.46. The number of allylic oxidation sites excluding steroid dienone is 4. The van der Waals surface area contributed by atoms with E-state index in [1.54, 1.807) is 0 Å². The Morgan fingerprint density at radius 3 is 2.24 bits per heavy atom. The number of hydrogen-bond acceptors (Lipinski definition) is 7. The van der Waals surface area contributed by atoms with Crippen molar-refractivity contribution in [3.05, 3.63) is 62.7 Å². The highest BCUT2D eigenvalue weighted by Crippen LogP contribution is 2.33. The number of non-ortho nitro benzene ring substituents is 1. The molecule has 0 aromatic heterocycles. The molecule has 2 rings (SSSR count). The topological polar surface area (TPSA) is 116 Å². The first-order chi connectivity index (χ1) is 9.97. The molecule has 1 aromatic carbocycles. The summed E-state index contributed by atoms with van der Waals surface area (Å²) in [4.78, 5) is 31.3. The monoisotopic (exact) mass is 305 g/mol. The first kappa shape index (κ1) is 14.6. The fourth-order valence-electron chi connectivity index (χ4n) is 1.45. The Balaban J connectivity index is 2.28. The van der Waals surface area contributed by atoms with Gasteiger partial charge in [-0.15, -0.1) is 0 Å². The second-order valence-electron chi connectivity index (χ2n) is 3.84. The smallest absolute Gasteiger partial charge is 0.290 e. The fraction of sp³-hybridized carbons (Fsp3) is 0. The van der Waals surface area contributed by atoms with Crippen LogP contribution in [0.4, 0.5) is 11.4 Å². The molecular formula is C12H7N3O5S. The van der Waals surface area contributed by atoms with Crippen molar-refractivity contribution in [3.63, 3.8) is 0 Å². The normalized spacial score (nSPS) is 13.3. The van der Waals surface area contributed by atoms with Crippen molar-refractivity contribution in [3.8, 4) is 0 Å². The van der Waals surface area contributed by atoms with Gasteiger partial charge in [0.05, 0.1) is 21.6 Å². The summed E-state index contributed by atoms with van der Waals surface area (Å²) in [6, 6.07) is 3.33. The number of carbonyl (C=O) groups excluding carboxylic acids is 1. The van der Waals surface area contributed by atoms with Gasteiger partial charge >= 0.3 is 0 Å². The van der Waals surface area contributed by atoms with E-state index in [2.05, 4.69) is 4.40 Å². The SMILES string of the molecule is O=C1C=CC(=NSc2ccc([N+](=O)[O-])cc2[N+](=O)[O-])C=C1. The number of carbonyl (C=O) groups is 1. The summed E-state index contributed by atoms with van der Waals surface area (Å²) in [5, 5.41) is 21.6. The van der Waals surface area contributed by atoms with Crippen molar-refractivity contribution in [2.24, 2.45) is 4.40 Å². The number of nitro benzene ring substituents is 2. The van der Waals surface area contributed by atoms with E-state index in [4.69, 9.17) is 0 Å². The summed E-state index contributed by atoms with van der Waals surface area (Å²) < 4.78 is 4.04. The van der Waals surface area contributed by atoms with Crippen LogP contribution in [-0.4, -0.2) is 21.3 Å². The maximum Gasteiger partial charge on any atom is 0.291 e. The van der Waals surface area contributed by atoms with Crippen LogP contribution < -0.4 is 0 Å². The third-order valence-electron chi connectivity index (χ3n) is 2.44. The van der Waals surface area contributed by atoms with E-state index in [1.165, 1.54) is 36.4 Å². The van der Waals surface area contributed by atoms with Crippen LogP contribution in [0.5, 0.6) is 0 Å². The van der Waals surface area contributed by atoms with Crippen molar-refractivity contribution in [1.82, 2.24) is 0 Å². The molecule has 0 N–H and O–H groups in total. The minimum atomic E-state index is -0.703. The van der Waals surface area contributed by atoms with Gasteiger partial charge in [-0.3, -0.25) is 25.0 Å². The number of nitrogens with zero attached hydrogens (tertiary/aromatic N) is 3. The van der Waals surface area contributed by atoms with E-state index in [1.807, 2.05) is 0 Å². The lowest BCUT2D eigenvalue weighted by Crippen LogP contribution is -1.98. The summed E-state index contributed by atoms with van der Waals surface area (Å²) in [5.74, 6) is -0.166. The second-order valence-corrected chi connectivity index (χ2v) is 4.65. The van der Waals surface area contributed by atoms with E-state index in [0.29, 0.717) is 5.71 Å². The Hall–Kier alpha value is -2.81. The lowest BCUT2D eigenvalue weighted by atomic mass is 10.2. The molecule has 0 spiro atoms. The summed E-state index contributed by atoms with van der Waals surface area (Å²) in [6.45, 7) is 0. The maximum absolute atomic E-state index is 10.9. The van der Waals surface area contributed by atoms with Crippen LogP contribution in [0.2, 0.25) is 0 Å². The van der Waals surface area contributed by atoms with Gasteiger partial charge in [-0.25, -0.2) is 4.40 Å². The molecule has 0 radical (unpaired) electrons. The molecule has 0 saturated heterocycles. The van der Waals surface area contributed by atoms with E-state index < -0.39 is 15.5 Å². The van der Waals surface area contributed by atoms with E-state index in [9.17, 15) is 25.0 Å². The highest BCUT2D eigenvalue weighted by molar-refractivity contribution is 7.98. The van der Waals surface area contributed by atoms with E-state index in [0.717, 1.165) is 18.0 Å².